The van der Waals surface area contributed by atoms with Gasteiger partial charge < -0.3 is 32.1 Å². The highest BCUT2D eigenvalue weighted by atomic mass is 16.4. The van der Waals surface area contributed by atoms with Crippen molar-refractivity contribution < 1.29 is 19.5 Å². The molecule has 0 aliphatic carbocycles. The monoisotopic (exact) mass is 317 g/mol. The van der Waals surface area contributed by atoms with Crippen molar-refractivity contribution in [1.82, 2.24) is 21.3 Å². The van der Waals surface area contributed by atoms with Crippen molar-refractivity contribution in [3.8, 4) is 0 Å². The molecule has 0 aliphatic heterocycles. The lowest BCUT2D eigenvalue weighted by atomic mass is 10.1. The Labute approximate surface area is 130 Å². The summed E-state index contributed by atoms with van der Waals surface area (Å²) >= 11 is 0. The van der Waals surface area contributed by atoms with Gasteiger partial charge in [0.05, 0.1) is 12.1 Å². The Morgan fingerprint density at radius 2 is 1.50 bits per heavy atom. The molecular formula is C13H27N5O4. The number of carboxylic acids is 1. The summed E-state index contributed by atoms with van der Waals surface area (Å²) in [5.41, 5.74) is 5.42. The molecule has 0 radical (unpaired) electrons. The standard InChI is InChI=1S/C13H27N5O4/c1-15-9(4-5-11(19)20)12(21)17-6-3-7-18-13(22)10(8-14)16-2/h9-10,15-16H,3-8,14H2,1-2H3,(H,17,21)(H,18,22)(H,19,20)/t9-,10-/m0/s1. The van der Waals surface area contributed by atoms with Crippen LogP contribution < -0.4 is 27.0 Å². The number of carbonyl (C=O) groups excluding carboxylic acids is 2. The molecule has 0 rings (SSSR count). The first-order valence-electron chi connectivity index (χ1n) is 7.28. The molecule has 22 heavy (non-hydrogen) atoms. The molecule has 0 aromatic rings. The highest BCUT2D eigenvalue weighted by Crippen LogP contribution is 1.97. The van der Waals surface area contributed by atoms with Crippen LogP contribution in [-0.2, 0) is 14.4 Å². The number of nitrogens with one attached hydrogen (secondary N) is 4. The fourth-order valence-corrected chi connectivity index (χ4v) is 1.79. The van der Waals surface area contributed by atoms with E-state index in [0.29, 0.717) is 19.5 Å². The maximum atomic E-state index is 11.8. The Balaban J connectivity index is 3.87. The van der Waals surface area contributed by atoms with Crippen molar-refractivity contribution in [3.05, 3.63) is 0 Å². The van der Waals surface area contributed by atoms with Gasteiger partial charge in [0.25, 0.3) is 0 Å². The summed E-state index contributed by atoms with van der Waals surface area (Å²) in [5.74, 6) is -1.36. The molecule has 9 heteroatoms. The number of carboxylic acid groups (broad SMARTS) is 1. The average Bonchev–Trinajstić information content (AvgIpc) is 2.48. The predicted molar refractivity (Wildman–Crippen MR) is 82.3 cm³/mol. The minimum absolute atomic E-state index is 0.0700. The molecular weight excluding hydrogens is 290 g/mol. The third-order valence-corrected chi connectivity index (χ3v) is 3.16. The molecule has 0 bridgehead atoms. The van der Waals surface area contributed by atoms with Crippen LogP contribution in [0.3, 0.4) is 0 Å². The van der Waals surface area contributed by atoms with Crippen LogP contribution in [0.5, 0.6) is 0 Å². The molecule has 0 aromatic heterocycles. The zero-order valence-corrected chi connectivity index (χ0v) is 13.1. The highest BCUT2D eigenvalue weighted by Gasteiger charge is 2.17. The van der Waals surface area contributed by atoms with Crippen LogP contribution in [0.25, 0.3) is 0 Å². The lowest BCUT2D eigenvalue weighted by molar-refractivity contribution is -0.137. The Bertz CT molecular complexity index is 360. The number of hydrogen-bond acceptors (Lipinski definition) is 6. The van der Waals surface area contributed by atoms with Gasteiger partial charge in [0.1, 0.15) is 0 Å². The van der Waals surface area contributed by atoms with Crippen LogP contribution in [0.2, 0.25) is 0 Å². The van der Waals surface area contributed by atoms with E-state index < -0.39 is 18.1 Å². The number of aliphatic carboxylic acids is 1. The first-order chi connectivity index (χ1) is 10.5. The maximum Gasteiger partial charge on any atom is 0.303 e. The molecule has 0 aliphatic rings. The van der Waals surface area contributed by atoms with Gasteiger partial charge in [-0.15, -0.1) is 0 Å². The Kier molecular flexibility index (Phi) is 11.0. The third-order valence-electron chi connectivity index (χ3n) is 3.16. The van der Waals surface area contributed by atoms with E-state index in [1.807, 2.05) is 0 Å². The molecule has 0 heterocycles. The molecule has 2 atom stereocenters. The van der Waals surface area contributed by atoms with Crippen LogP contribution in [0, 0.1) is 0 Å². The summed E-state index contributed by atoms with van der Waals surface area (Å²) < 4.78 is 0. The number of nitrogens with two attached hydrogens (primary N) is 1. The second-order valence-electron chi connectivity index (χ2n) is 4.79. The van der Waals surface area contributed by atoms with E-state index in [0.717, 1.165) is 0 Å². The van der Waals surface area contributed by atoms with Gasteiger partial charge in [0.2, 0.25) is 11.8 Å². The molecule has 7 N–H and O–H groups in total. The first-order valence-corrected chi connectivity index (χ1v) is 7.28. The van der Waals surface area contributed by atoms with Crippen molar-refractivity contribution in [2.24, 2.45) is 5.73 Å². The van der Waals surface area contributed by atoms with Gasteiger partial charge >= 0.3 is 5.97 Å². The molecule has 0 aromatic carbocycles. The number of likely N-dealkylation sites (N-methyl/N-ethyl adjacent to an activating group) is 2. The fourth-order valence-electron chi connectivity index (χ4n) is 1.79. The van der Waals surface area contributed by atoms with Crippen LogP contribution in [-0.4, -0.2) is 68.7 Å². The van der Waals surface area contributed by atoms with Gasteiger partial charge in [0, 0.05) is 26.1 Å². The van der Waals surface area contributed by atoms with Crippen molar-refractivity contribution in [2.75, 3.05) is 33.7 Å². The largest absolute Gasteiger partial charge is 0.481 e. The van der Waals surface area contributed by atoms with Crippen molar-refractivity contribution >= 4 is 17.8 Å². The molecule has 0 saturated carbocycles. The molecule has 2 amide bonds. The van der Waals surface area contributed by atoms with Gasteiger partial charge in [-0.25, -0.2) is 0 Å². The summed E-state index contributed by atoms with van der Waals surface area (Å²) in [6.07, 6.45) is 0.738. The van der Waals surface area contributed by atoms with Crippen LogP contribution in [0.1, 0.15) is 19.3 Å². The van der Waals surface area contributed by atoms with Crippen LogP contribution in [0.15, 0.2) is 0 Å². The van der Waals surface area contributed by atoms with E-state index in [1.54, 1.807) is 14.1 Å². The zero-order valence-electron chi connectivity index (χ0n) is 13.1. The fraction of sp³-hybridized carbons (Fsp3) is 0.769. The number of amides is 2. The van der Waals surface area contributed by atoms with E-state index in [4.69, 9.17) is 10.8 Å². The second-order valence-corrected chi connectivity index (χ2v) is 4.79. The number of hydrogen-bond donors (Lipinski definition) is 6. The van der Waals surface area contributed by atoms with Gasteiger partial charge in [-0.3, -0.25) is 14.4 Å². The molecule has 0 fully saturated rings. The van der Waals surface area contributed by atoms with E-state index in [1.165, 1.54) is 0 Å². The van der Waals surface area contributed by atoms with Gasteiger partial charge in [-0.05, 0) is 26.9 Å². The lowest BCUT2D eigenvalue weighted by Crippen LogP contribution is -2.48. The van der Waals surface area contributed by atoms with Crippen molar-refractivity contribution in [1.29, 1.82) is 0 Å². The first kappa shape index (κ1) is 20.3. The zero-order chi connectivity index (χ0) is 17.0. The van der Waals surface area contributed by atoms with E-state index >= 15 is 0 Å². The van der Waals surface area contributed by atoms with Crippen LogP contribution in [0.4, 0.5) is 0 Å². The molecule has 128 valence electrons. The normalized spacial score (nSPS) is 13.2. The van der Waals surface area contributed by atoms with E-state index in [-0.39, 0.29) is 31.2 Å². The summed E-state index contributed by atoms with van der Waals surface area (Å²) in [4.78, 5) is 33.9. The third kappa shape index (κ3) is 8.55. The Morgan fingerprint density at radius 3 is 1.91 bits per heavy atom. The summed E-state index contributed by atoms with van der Waals surface area (Å²) in [6.45, 7) is 1.04. The molecule has 0 spiro atoms. The predicted octanol–water partition coefficient (Wildman–Crippen LogP) is -2.39. The second kappa shape index (κ2) is 11.9. The van der Waals surface area contributed by atoms with Crippen molar-refractivity contribution in [3.63, 3.8) is 0 Å². The lowest BCUT2D eigenvalue weighted by Gasteiger charge is -2.16. The van der Waals surface area contributed by atoms with Crippen LogP contribution >= 0.6 is 0 Å². The van der Waals surface area contributed by atoms with E-state index in [9.17, 15) is 14.4 Å². The molecule has 0 saturated heterocycles. The Morgan fingerprint density at radius 1 is 1.00 bits per heavy atom. The Hall–Kier alpha value is -1.71. The maximum absolute atomic E-state index is 11.8. The highest BCUT2D eigenvalue weighted by molar-refractivity contribution is 5.82. The quantitative estimate of drug-likeness (QED) is 0.220. The van der Waals surface area contributed by atoms with E-state index in [2.05, 4.69) is 21.3 Å². The van der Waals surface area contributed by atoms with Gasteiger partial charge in [-0.2, -0.15) is 0 Å². The average molecular weight is 317 g/mol. The molecule has 0 unspecified atom stereocenters. The minimum atomic E-state index is -0.935. The summed E-state index contributed by atoms with van der Waals surface area (Å²) in [7, 11) is 3.27. The SMILES string of the molecule is CN[C@@H](CN)C(=O)NCCCNC(=O)[C@H](CCC(=O)O)NC. The smallest absolute Gasteiger partial charge is 0.303 e. The summed E-state index contributed by atoms with van der Waals surface area (Å²) in [6, 6.07) is -0.948. The van der Waals surface area contributed by atoms with Gasteiger partial charge in [-0.1, -0.05) is 0 Å². The van der Waals surface area contributed by atoms with Crippen molar-refractivity contribution in [2.45, 2.75) is 31.3 Å². The van der Waals surface area contributed by atoms with Gasteiger partial charge in [0.15, 0.2) is 0 Å². The minimum Gasteiger partial charge on any atom is -0.481 e. The number of carbonyl (C=O) groups is 3. The topological polar surface area (TPSA) is 146 Å². The number of rotatable bonds is 12. The summed E-state index contributed by atoms with van der Waals surface area (Å²) in [5, 5.41) is 19.6. The molecule has 9 nitrogen and oxygen atoms in total.